The number of amides is 2. The van der Waals surface area contributed by atoms with Gasteiger partial charge in [-0.1, -0.05) is 36.4 Å². The van der Waals surface area contributed by atoms with Gasteiger partial charge in [-0.2, -0.15) is 5.10 Å². The molecule has 2 aromatic carbocycles. The van der Waals surface area contributed by atoms with E-state index in [1.165, 1.54) is 11.1 Å². The van der Waals surface area contributed by atoms with Crippen LogP contribution in [0.3, 0.4) is 0 Å². The summed E-state index contributed by atoms with van der Waals surface area (Å²) in [5, 5.41) is 9.53. The van der Waals surface area contributed by atoms with Crippen molar-refractivity contribution in [2.45, 2.75) is 0 Å². The molecule has 142 valence electrons. The summed E-state index contributed by atoms with van der Waals surface area (Å²) in [4.78, 5) is 36.4. The van der Waals surface area contributed by atoms with Gasteiger partial charge in [0.2, 0.25) is 0 Å². The number of carbonyl (C=O) groups excluding carboxylic acids is 2. The van der Waals surface area contributed by atoms with Crippen LogP contribution < -0.4 is 4.90 Å². The number of nitrogens with zero attached hydrogens (tertiary/aromatic N) is 4. The molecule has 0 unspecified atom stereocenters. The predicted octanol–water partition coefficient (Wildman–Crippen LogP) is 3.97. The molecule has 4 heterocycles. The first-order valence-electron chi connectivity index (χ1n) is 9.38. The molecule has 1 aliphatic heterocycles. The number of hydrogen-bond acceptors (Lipinski definition) is 5. The number of hydrogen-bond donors (Lipinski definition) is 1. The number of benzene rings is 2. The zero-order valence-electron chi connectivity index (χ0n) is 15.5. The quantitative estimate of drug-likeness (QED) is 0.460. The lowest BCUT2D eigenvalue weighted by Gasteiger charge is -2.16. The van der Waals surface area contributed by atoms with Crippen LogP contribution in [0.1, 0.15) is 20.7 Å². The minimum absolute atomic E-state index is 0.275. The molecular weight excluding hydrogens is 378 g/mol. The monoisotopic (exact) mass is 391 g/mol. The van der Waals surface area contributed by atoms with Crippen LogP contribution in [0.15, 0.2) is 73.2 Å². The van der Waals surface area contributed by atoms with Crippen molar-refractivity contribution >= 4 is 39.3 Å². The van der Waals surface area contributed by atoms with Gasteiger partial charge >= 0.3 is 0 Å². The van der Waals surface area contributed by atoms with Gasteiger partial charge in [-0.25, -0.2) is 9.88 Å². The molecule has 0 saturated carbocycles. The summed E-state index contributed by atoms with van der Waals surface area (Å²) in [5.41, 5.74) is 2.99. The van der Waals surface area contributed by atoms with Gasteiger partial charge in [0, 0.05) is 29.5 Å². The molecular formula is C23H13N5O2. The normalized spacial score (nSPS) is 13.4. The van der Waals surface area contributed by atoms with Crippen LogP contribution in [-0.4, -0.2) is 32.0 Å². The molecule has 2 amide bonds. The van der Waals surface area contributed by atoms with Gasteiger partial charge in [-0.05, 0) is 23.6 Å². The first-order chi connectivity index (χ1) is 14.7. The SMILES string of the molecule is O=C1c2cnc3n[nH]c(-c4ccncc4)c3c2C(=O)N1c1cccc2ccccc12. The Bertz CT molecular complexity index is 1480. The Morgan fingerprint density at radius 2 is 1.67 bits per heavy atom. The smallest absolute Gasteiger partial charge is 0.267 e. The second kappa shape index (κ2) is 6.05. The Morgan fingerprint density at radius 3 is 2.53 bits per heavy atom. The third-order valence-electron chi connectivity index (χ3n) is 5.41. The molecule has 3 aromatic heterocycles. The van der Waals surface area contributed by atoms with Crippen molar-refractivity contribution in [3.63, 3.8) is 0 Å². The van der Waals surface area contributed by atoms with Crippen LogP contribution in [-0.2, 0) is 0 Å². The largest absolute Gasteiger partial charge is 0.275 e. The highest BCUT2D eigenvalue weighted by Gasteiger charge is 2.40. The van der Waals surface area contributed by atoms with Crippen molar-refractivity contribution in [3.8, 4) is 11.3 Å². The summed E-state index contributed by atoms with van der Waals surface area (Å²) in [6.45, 7) is 0. The molecule has 1 N–H and O–H groups in total. The maximum absolute atomic E-state index is 13.6. The van der Waals surface area contributed by atoms with E-state index in [2.05, 4.69) is 20.2 Å². The van der Waals surface area contributed by atoms with Crippen LogP contribution in [0.25, 0.3) is 33.1 Å². The highest BCUT2D eigenvalue weighted by molar-refractivity contribution is 6.39. The fourth-order valence-corrected chi connectivity index (χ4v) is 4.05. The minimum atomic E-state index is -0.386. The molecule has 0 atom stereocenters. The summed E-state index contributed by atoms with van der Waals surface area (Å²) in [5.74, 6) is -0.766. The lowest BCUT2D eigenvalue weighted by molar-refractivity contribution is 0.0927. The molecule has 0 fully saturated rings. The predicted molar refractivity (Wildman–Crippen MR) is 112 cm³/mol. The third kappa shape index (κ3) is 2.17. The summed E-state index contributed by atoms with van der Waals surface area (Å²) in [7, 11) is 0. The van der Waals surface area contributed by atoms with Crippen LogP contribution in [0.5, 0.6) is 0 Å². The van der Waals surface area contributed by atoms with Crippen molar-refractivity contribution < 1.29 is 9.59 Å². The summed E-state index contributed by atoms with van der Waals surface area (Å²) < 4.78 is 0. The second-order valence-electron chi connectivity index (χ2n) is 7.02. The minimum Gasteiger partial charge on any atom is -0.275 e. The molecule has 30 heavy (non-hydrogen) atoms. The van der Waals surface area contributed by atoms with Crippen LogP contribution >= 0.6 is 0 Å². The number of fused-ring (bicyclic) bond motifs is 4. The average molecular weight is 391 g/mol. The van der Waals surface area contributed by atoms with E-state index in [9.17, 15) is 9.59 Å². The van der Waals surface area contributed by atoms with Crippen molar-refractivity contribution in [3.05, 3.63) is 84.3 Å². The van der Waals surface area contributed by atoms with Crippen molar-refractivity contribution in [1.29, 1.82) is 0 Å². The topological polar surface area (TPSA) is 91.8 Å². The van der Waals surface area contributed by atoms with E-state index < -0.39 is 0 Å². The highest BCUT2D eigenvalue weighted by Crippen LogP contribution is 2.38. The van der Waals surface area contributed by atoms with Crippen LogP contribution in [0.2, 0.25) is 0 Å². The van der Waals surface area contributed by atoms with Gasteiger partial charge in [0.1, 0.15) is 0 Å². The Morgan fingerprint density at radius 1 is 0.867 bits per heavy atom. The zero-order chi connectivity index (χ0) is 20.2. The van der Waals surface area contributed by atoms with E-state index in [0.29, 0.717) is 28.0 Å². The number of rotatable bonds is 2. The molecule has 5 aromatic rings. The highest BCUT2D eigenvalue weighted by atomic mass is 16.2. The van der Waals surface area contributed by atoms with E-state index in [0.717, 1.165) is 16.3 Å². The van der Waals surface area contributed by atoms with E-state index >= 15 is 0 Å². The average Bonchev–Trinajstić information content (AvgIpc) is 3.33. The lowest BCUT2D eigenvalue weighted by Crippen LogP contribution is -2.29. The number of aromatic nitrogens is 4. The Kier molecular flexibility index (Phi) is 3.34. The molecule has 0 bridgehead atoms. The van der Waals surface area contributed by atoms with Crippen molar-refractivity contribution in [2.75, 3.05) is 4.90 Å². The molecule has 0 radical (unpaired) electrons. The lowest BCUT2D eigenvalue weighted by atomic mass is 10.0. The Balaban J connectivity index is 1.60. The molecule has 6 rings (SSSR count). The molecule has 7 heteroatoms. The van der Waals surface area contributed by atoms with E-state index in [1.54, 1.807) is 18.5 Å². The number of nitrogens with one attached hydrogen (secondary N) is 1. The molecule has 0 spiro atoms. The van der Waals surface area contributed by atoms with Crippen molar-refractivity contribution in [1.82, 2.24) is 20.2 Å². The molecule has 0 aliphatic carbocycles. The van der Waals surface area contributed by atoms with Crippen molar-refractivity contribution in [2.24, 2.45) is 0 Å². The maximum Gasteiger partial charge on any atom is 0.267 e. The van der Waals surface area contributed by atoms with E-state index in [4.69, 9.17) is 0 Å². The number of anilines is 1. The zero-order valence-corrected chi connectivity index (χ0v) is 15.5. The van der Waals surface area contributed by atoms with E-state index in [1.807, 2.05) is 48.5 Å². The van der Waals surface area contributed by atoms with Gasteiger partial charge in [0.05, 0.1) is 27.9 Å². The van der Waals surface area contributed by atoms with Gasteiger partial charge < -0.3 is 0 Å². The Hall–Kier alpha value is -4.39. The van der Waals surface area contributed by atoms with Gasteiger partial charge in [0.15, 0.2) is 5.65 Å². The second-order valence-corrected chi connectivity index (χ2v) is 7.02. The summed E-state index contributed by atoms with van der Waals surface area (Å²) in [6.07, 6.45) is 4.75. The van der Waals surface area contributed by atoms with Gasteiger partial charge in [-0.3, -0.25) is 19.7 Å². The maximum atomic E-state index is 13.6. The molecule has 7 nitrogen and oxygen atoms in total. The fourth-order valence-electron chi connectivity index (χ4n) is 4.05. The number of carbonyl (C=O) groups is 2. The summed E-state index contributed by atoms with van der Waals surface area (Å²) >= 11 is 0. The van der Waals surface area contributed by atoms with Gasteiger partial charge in [-0.15, -0.1) is 0 Å². The van der Waals surface area contributed by atoms with Gasteiger partial charge in [0.25, 0.3) is 11.8 Å². The van der Waals surface area contributed by atoms with Crippen LogP contribution in [0.4, 0.5) is 5.69 Å². The standard InChI is InChI=1S/C23H13N5O2/c29-22-16-12-25-21-19(20(26-27-21)14-8-10-24-11-9-14)18(16)23(30)28(22)17-7-3-5-13-4-1-2-6-15(13)17/h1-12H,(H,25,26,27). The fraction of sp³-hybridized carbons (Fsp3) is 0. The number of imide groups is 1. The third-order valence-corrected chi connectivity index (χ3v) is 5.41. The van der Waals surface area contributed by atoms with E-state index in [-0.39, 0.29) is 17.4 Å². The number of pyridine rings is 2. The number of H-pyrrole nitrogens is 1. The first kappa shape index (κ1) is 16.6. The summed E-state index contributed by atoms with van der Waals surface area (Å²) in [6, 6.07) is 16.9. The van der Waals surface area contributed by atoms with Crippen LogP contribution in [0, 0.1) is 0 Å². The molecule has 1 aliphatic rings. The molecule has 0 saturated heterocycles. The first-order valence-corrected chi connectivity index (χ1v) is 9.38. The number of aromatic amines is 1. The Labute approximate surface area is 170 Å².